The van der Waals surface area contributed by atoms with Crippen LogP contribution in [-0.4, -0.2) is 34.6 Å². The number of nitrogens with zero attached hydrogens (tertiary/aromatic N) is 1. The summed E-state index contributed by atoms with van der Waals surface area (Å²) in [6, 6.07) is 21.9. The van der Waals surface area contributed by atoms with Gasteiger partial charge < -0.3 is 15.0 Å². The van der Waals surface area contributed by atoms with Crippen LogP contribution < -0.4 is 19.8 Å². The van der Waals surface area contributed by atoms with Crippen molar-refractivity contribution in [2.45, 2.75) is 30.0 Å². The number of thiazole rings is 1. The lowest BCUT2D eigenvalue weighted by Crippen LogP contribution is -2.32. The Kier molecular flexibility index (Phi) is 6.81. The molecule has 1 saturated heterocycles. The van der Waals surface area contributed by atoms with Crippen LogP contribution in [0.5, 0.6) is 5.75 Å². The topological polar surface area (TPSA) is 109 Å². The quantitative estimate of drug-likeness (QED) is 0.320. The molecule has 3 heterocycles. The molecule has 2 unspecified atom stereocenters. The van der Waals surface area contributed by atoms with Gasteiger partial charge in [-0.1, -0.05) is 76.7 Å². The molecule has 4 aromatic rings. The van der Waals surface area contributed by atoms with E-state index in [0.29, 0.717) is 32.6 Å². The molecule has 10 heteroatoms. The monoisotopic (exact) mass is 571 g/mol. The minimum absolute atomic E-state index is 0.251. The van der Waals surface area contributed by atoms with E-state index < -0.39 is 17.1 Å². The third-order valence-electron chi connectivity index (χ3n) is 7.06. The van der Waals surface area contributed by atoms with Crippen molar-refractivity contribution in [1.29, 1.82) is 0 Å². The van der Waals surface area contributed by atoms with E-state index in [9.17, 15) is 19.2 Å². The van der Waals surface area contributed by atoms with Crippen molar-refractivity contribution in [2.75, 3.05) is 16.8 Å². The number of anilines is 2. The highest BCUT2D eigenvalue weighted by Gasteiger charge is 2.56. The molecule has 2 aliphatic heterocycles. The van der Waals surface area contributed by atoms with Gasteiger partial charge in [0.1, 0.15) is 11.0 Å². The lowest BCUT2D eigenvalue weighted by Gasteiger charge is -2.30. The Morgan fingerprint density at radius 1 is 0.925 bits per heavy atom. The predicted octanol–water partition coefficient (Wildman–Crippen LogP) is 4.87. The maximum absolute atomic E-state index is 13.9. The number of hydrogen-bond donors (Lipinski definition) is 2. The second-order valence-corrected chi connectivity index (χ2v) is 12.0. The van der Waals surface area contributed by atoms with E-state index in [0.717, 1.165) is 22.5 Å². The van der Waals surface area contributed by atoms with Crippen molar-refractivity contribution < 1.29 is 19.1 Å². The average molecular weight is 572 g/mol. The first-order valence-electron chi connectivity index (χ1n) is 12.7. The second-order valence-electron chi connectivity index (χ2n) is 9.84. The molecule has 2 aliphatic rings. The van der Waals surface area contributed by atoms with Gasteiger partial charge in [0.2, 0.25) is 11.8 Å². The molecule has 2 N–H and O–H groups in total. The summed E-state index contributed by atoms with van der Waals surface area (Å²) in [5, 5.41) is 2.69. The van der Waals surface area contributed by atoms with E-state index in [2.05, 4.69) is 10.3 Å². The molecule has 6 rings (SSSR count). The van der Waals surface area contributed by atoms with Crippen LogP contribution >= 0.6 is 23.1 Å². The van der Waals surface area contributed by atoms with Gasteiger partial charge in [-0.15, -0.1) is 0 Å². The van der Waals surface area contributed by atoms with Gasteiger partial charge in [0.25, 0.3) is 5.91 Å². The van der Waals surface area contributed by atoms with Crippen LogP contribution in [0.3, 0.4) is 0 Å². The zero-order valence-corrected chi connectivity index (χ0v) is 23.3. The Hall–Kier alpha value is -4.15. The van der Waals surface area contributed by atoms with Crippen LogP contribution in [-0.2, 0) is 14.4 Å². The molecule has 3 atom stereocenters. The van der Waals surface area contributed by atoms with E-state index in [-0.39, 0.29) is 29.2 Å². The number of carbonyl (C=O) groups is 3. The zero-order valence-electron chi connectivity index (χ0n) is 21.7. The van der Waals surface area contributed by atoms with Gasteiger partial charge in [-0.05, 0) is 44.2 Å². The molecule has 8 nitrogen and oxygen atoms in total. The van der Waals surface area contributed by atoms with Gasteiger partial charge in [0.15, 0.2) is 6.61 Å². The predicted molar refractivity (Wildman–Crippen MR) is 155 cm³/mol. The van der Waals surface area contributed by atoms with Gasteiger partial charge in [0.05, 0.1) is 16.6 Å². The number of aromatic amines is 1. The summed E-state index contributed by atoms with van der Waals surface area (Å²) in [7, 11) is 0. The number of ether oxygens (including phenoxy) is 1. The van der Waals surface area contributed by atoms with Crippen molar-refractivity contribution in [2.24, 2.45) is 5.92 Å². The number of H-pyrrole nitrogens is 1. The van der Waals surface area contributed by atoms with Gasteiger partial charge in [0, 0.05) is 22.0 Å². The molecule has 0 saturated carbocycles. The highest BCUT2D eigenvalue weighted by Crippen LogP contribution is 2.54. The Morgan fingerprint density at radius 2 is 1.60 bits per heavy atom. The first-order valence-corrected chi connectivity index (χ1v) is 14.4. The van der Waals surface area contributed by atoms with Crippen LogP contribution in [0.2, 0.25) is 0 Å². The smallest absolute Gasteiger partial charge is 0.305 e. The van der Waals surface area contributed by atoms with E-state index in [1.165, 1.54) is 16.7 Å². The molecule has 40 heavy (non-hydrogen) atoms. The summed E-state index contributed by atoms with van der Waals surface area (Å²) in [4.78, 5) is 57.2. The number of aryl methyl sites for hydroxylation is 2. The van der Waals surface area contributed by atoms with Gasteiger partial charge in [-0.3, -0.25) is 19.2 Å². The summed E-state index contributed by atoms with van der Waals surface area (Å²) in [6.45, 7) is 3.66. The zero-order chi connectivity index (χ0) is 28.0. The normalized spacial score (nSPS) is 19.8. The lowest BCUT2D eigenvalue weighted by molar-refractivity contribution is -0.122. The Balaban J connectivity index is 1.33. The summed E-state index contributed by atoms with van der Waals surface area (Å²) in [5.41, 5.74) is 3.92. The molecule has 1 aromatic heterocycles. The van der Waals surface area contributed by atoms with E-state index in [1.807, 2.05) is 62.4 Å². The number of imide groups is 1. The number of para-hydroxylation sites is 1. The lowest BCUT2D eigenvalue weighted by atomic mass is 9.82. The number of rotatable bonds is 6. The molecule has 0 aliphatic carbocycles. The van der Waals surface area contributed by atoms with Crippen LogP contribution in [0.4, 0.5) is 11.4 Å². The number of benzene rings is 3. The molecule has 0 radical (unpaired) electrons. The molecular weight excluding hydrogens is 546 g/mol. The fraction of sp³-hybridized carbons (Fsp3) is 0.200. The Morgan fingerprint density at radius 3 is 2.33 bits per heavy atom. The number of fused-ring (bicyclic) bond motifs is 2. The largest absolute Gasteiger partial charge is 0.483 e. The molecular formula is C30H25N3O5S2. The van der Waals surface area contributed by atoms with Crippen LogP contribution in [0, 0.1) is 19.8 Å². The SMILES string of the molecule is Cc1ccc(NC(=O)COc2ccccc2[C@H]2c3sc(=O)[nH]c3SC3C(=O)N(c4ccc(C)cc4)C(=O)C32)cc1. The van der Waals surface area contributed by atoms with Gasteiger partial charge in [-0.2, -0.15) is 0 Å². The maximum atomic E-state index is 13.9. The summed E-state index contributed by atoms with van der Waals surface area (Å²) < 4.78 is 5.99. The second kappa shape index (κ2) is 10.4. The third kappa shape index (κ3) is 4.73. The van der Waals surface area contributed by atoms with E-state index >= 15 is 0 Å². The van der Waals surface area contributed by atoms with Crippen molar-refractivity contribution >= 4 is 52.2 Å². The van der Waals surface area contributed by atoms with Gasteiger partial charge >= 0.3 is 4.87 Å². The average Bonchev–Trinajstić information content (AvgIpc) is 3.44. The van der Waals surface area contributed by atoms with Crippen molar-refractivity contribution in [3.8, 4) is 5.75 Å². The Labute approximate surface area is 238 Å². The number of nitrogens with one attached hydrogen (secondary N) is 2. The number of amides is 3. The minimum atomic E-state index is -0.746. The van der Waals surface area contributed by atoms with Gasteiger partial charge in [-0.25, -0.2) is 4.90 Å². The molecule has 3 amide bonds. The summed E-state index contributed by atoms with van der Waals surface area (Å²) >= 11 is 2.26. The van der Waals surface area contributed by atoms with E-state index in [1.54, 1.807) is 24.3 Å². The van der Waals surface area contributed by atoms with Crippen molar-refractivity contribution in [3.05, 3.63) is 104 Å². The van der Waals surface area contributed by atoms with E-state index in [4.69, 9.17) is 4.74 Å². The molecule has 0 bridgehead atoms. The highest BCUT2D eigenvalue weighted by atomic mass is 32.2. The summed E-state index contributed by atoms with van der Waals surface area (Å²) in [6.07, 6.45) is 0. The molecule has 0 spiro atoms. The molecule has 3 aromatic carbocycles. The van der Waals surface area contributed by atoms with Crippen molar-refractivity contribution in [3.63, 3.8) is 0 Å². The van der Waals surface area contributed by atoms with Crippen molar-refractivity contribution in [1.82, 2.24) is 4.98 Å². The fourth-order valence-electron chi connectivity index (χ4n) is 5.15. The molecule has 1 fully saturated rings. The van der Waals surface area contributed by atoms with Crippen LogP contribution in [0.15, 0.2) is 82.6 Å². The first-order chi connectivity index (χ1) is 19.3. The molecule has 202 valence electrons. The number of aromatic nitrogens is 1. The first kappa shape index (κ1) is 26.1. The fourth-order valence-corrected chi connectivity index (χ4v) is 7.65. The van der Waals surface area contributed by atoms with Crippen LogP contribution in [0.25, 0.3) is 0 Å². The highest BCUT2D eigenvalue weighted by molar-refractivity contribution is 8.00. The summed E-state index contributed by atoms with van der Waals surface area (Å²) in [5.74, 6) is -1.91. The Bertz CT molecular complexity index is 1680. The number of carbonyl (C=O) groups excluding carboxylic acids is 3. The minimum Gasteiger partial charge on any atom is -0.483 e. The third-order valence-corrected chi connectivity index (χ3v) is 9.47. The standard InChI is InChI=1S/C30H25N3O5S2/c1-16-7-11-18(12-8-16)31-22(34)15-38-21-6-4-3-5-20(21)23-24-26(39-27-25(23)40-30(37)32-27)29(36)33(28(24)35)19-13-9-17(2)10-14-19/h3-14,23-24,26H,15H2,1-2H3,(H,31,34)(H,32,37)/t23-,24?,26?/m1/s1. The number of hydrogen-bond acceptors (Lipinski definition) is 7. The van der Waals surface area contributed by atoms with Crippen LogP contribution in [0.1, 0.15) is 27.5 Å². The number of thioether (sulfide) groups is 1. The maximum Gasteiger partial charge on any atom is 0.305 e.